The van der Waals surface area contributed by atoms with Crippen LogP contribution in [0.1, 0.15) is 72.1 Å². The fourth-order valence-corrected chi connectivity index (χ4v) is 8.72. The van der Waals surface area contributed by atoms with Crippen LogP contribution in [-0.2, 0) is 53.2 Å². The summed E-state index contributed by atoms with van der Waals surface area (Å²) in [7, 11) is -2.57. The lowest BCUT2D eigenvalue weighted by Crippen LogP contribution is -2.59. The number of carbonyl (C=O) groups excluding carboxylic acids is 8. The third kappa shape index (κ3) is 17.8. The first-order valence-electron chi connectivity index (χ1n) is 21.9. The lowest BCUT2D eigenvalue weighted by atomic mass is 10.0. The Balaban J connectivity index is 1.62. The van der Waals surface area contributed by atoms with Crippen LogP contribution in [0.4, 0.5) is 0 Å². The molecule has 10 N–H and O–H groups in total. The molecule has 8 amide bonds. The molecular formula is C44H63N9O13S2. The molecule has 0 radical (unpaired) electrons. The van der Waals surface area contributed by atoms with Gasteiger partial charge in [-0.3, -0.25) is 43.2 Å². The van der Waals surface area contributed by atoms with Crippen molar-refractivity contribution in [1.82, 2.24) is 35.8 Å². The van der Waals surface area contributed by atoms with E-state index in [1.807, 2.05) is 12.3 Å². The number of likely N-dealkylation sites (tertiary alicyclic amines) is 1. The molecular weight excluding hydrogens is 927 g/mol. The van der Waals surface area contributed by atoms with Gasteiger partial charge in [-0.2, -0.15) is 11.8 Å². The van der Waals surface area contributed by atoms with E-state index < -0.39 is 112 Å². The minimum absolute atomic E-state index is 0.0538. The average molecular weight is 990 g/mol. The molecule has 374 valence electrons. The van der Waals surface area contributed by atoms with Gasteiger partial charge in [0.25, 0.3) is 0 Å². The van der Waals surface area contributed by atoms with Gasteiger partial charge in [0.05, 0.1) is 17.7 Å². The van der Waals surface area contributed by atoms with E-state index >= 15 is 0 Å². The summed E-state index contributed by atoms with van der Waals surface area (Å²) >= 11 is 1.45. The van der Waals surface area contributed by atoms with Gasteiger partial charge in [-0.15, -0.1) is 0 Å². The van der Waals surface area contributed by atoms with Crippen LogP contribution >= 0.6 is 11.8 Å². The third-order valence-electron chi connectivity index (χ3n) is 10.7. The first-order chi connectivity index (χ1) is 32.0. The van der Waals surface area contributed by atoms with Crippen LogP contribution in [-0.4, -0.2) is 145 Å². The van der Waals surface area contributed by atoms with E-state index in [0.717, 1.165) is 0 Å². The van der Waals surface area contributed by atoms with Crippen LogP contribution in [0.25, 0.3) is 0 Å². The number of thioether (sulfide) groups is 1. The number of hydrogen-bond donors (Lipinski definition) is 8. The predicted octanol–water partition coefficient (Wildman–Crippen LogP) is -0.0509. The smallest absolute Gasteiger partial charge is 0.305 e. The number of para-hydroxylation sites is 1. The molecule has 0 unspecified atom stereocenters. The van der Waals surface area contributed by atoms with Gasteiger partial charge >= 0.3 is 5.97 Å². The Bertz CT molecular complexity index is 2220. The number of carboxylic acid groups (broad SMARTS) is 1. The lowest BCUT2D eigenvalue weighted by molar-refractivity contribution is -0.148. The summed E-state index contributed by atoms with van der Waals surface area (Å²) in [6.07, 6.45) is 1.00. The highest BCUT2D eigenvalue weighted by molar-refractivity contribution is 7.98. The Morgan fingerprint density at radius 1 is 0.838 bits per heavy atom. The lowest BCUT2D eigenvalue weighted by Gasteiger charge is -2.35. The number of rotatable bonds is 28. The first kappa shape index (κ1) is 56.1. The molecule has 1 aliphatic rings. The topological polar surface area (TPSA) is 336 Å². The number of likely N-dealkylation sites (N-methyl/N-ethyl adjacent to an activating group) is 1. The minimum atomic E-state index is -4.00. The largest absolute Gasteiger partial charge is 0.481 e. The molecule has 1 aliphatic heterocycles. The fraction of sp³-hybridized carbons (Fsp3) is 0.523. The molecule has 1 saturated heterocycles. The molecule has 24 heteroatoms. The summed E-state index contributed by atoms with van der Waals surface area (Å²) in [5.41, 5.74) is 10.9. The van der Waals surface area contributed by atoms with E-state index in [1.165, 1.54) is 59.8 Å². The van der Waals surface area contributed by atoms with Crippen molar-refractivity contribution < 1.29 is 61.4 Å². The molecule has 0 aromatic heterocycles. The molecule has 1 heterocycles. The fourth-order valence-electron chi connectivity index (χ4n) is 7.18. The Hall–Kier alpha value is -6.27. The molecule has 0 bridgehead atoms. The van der Waals surface area contributed by atoms with Crippen molar-refractivity contribution in [3.8, 4) is 11.5 Å². The highest BCUT2D eigenvalue weighted by Gasteiger charge is 2.40. The third-order valence-corrected chi connectivity index (χ3v) is 12.8. The molecule has 0 aliphatic carbocycles. The number of carboxylic acids is 1. The summed E-state index contributed by atoms with van der Waals surface area (Å²) in [6.45, 7) is 4.95. The van der Waals surface area contributed by atoms with Crippen LogP contribution in [0.2, 0.25) is 0 Å². The Labute approximate surface area is 399 Å². The number of nitrogens with two attached hydrogens (primary N) is 2. The van der Waals surface area contributed by atoms with Crippen molar-refractivity contribution in [3.05, 3.63) is 54.6 Å². The van der Waals surface area contributed by atoms with Crippen LogP contribution in [0.3, 0.4) is 0 Å². The molecule has 22 nitrogen and oxygen atoms in total. The number of benzene rings is 2. The SMILES string of the molecule is CSCC[C@@H](C(=O)N1CCC[C@H]1C(N)=O)N(C)C(=O)[C@H](CC(C)C)NC(=O)[C@H](C)NC(=O)[C@H](CC(=O)O)NC(=O)[C@H](CC(N)=O)NC(=O)CCCNS(=O)(=O)c1ccc(Oc2ccccc2)cc1. The molecule has 0 saturated carbocycles. The molecule has 0 spiro atoms. The molecule has 1 fully saturated rings. The summed E-state index contributed by atoms with van der Waals surface area (Å²) in [6, 6.07) is 6.58. The minimum Gasteiger partial charge on any atom is -0.481 e. The van der Waals surface area contributed by atoms with Crippen LogP contribution in [0, 0.1) is 5.92 Å². The number of ether oxygens (including phenoxy) is 1. The van der Waals surface area contributed by atoms with Crippen molar-refractivity contribution >= 4 is 75.0 Å². The number of hydrogen-bond acceptors (Lipinski definition) is 13. The van der Waals surface area contributed by atoms with Crippen molar-refractivity contribution in [3.63, 3.8) is 0 Å². The van der Waals surface area contributed by atoms with E-state index in [1.54, 1.807) is 38.1 Å². The maximum atomic E-state index is 14.0. The van der Waals surface area contributed by atoms with E-state index in [4.69, 9.17) is 16.2 Å². The first-order valence-corrected chi connectivity index (χ1v) is 24.8. The van der Waals surface area contributed by atoms with Gasteiger partial charge in [0, 0.05) is 26.6 Å². The van der Waals surface area contributed by atoms with Crippen molar-refractivity contribution in [2.24, 2.45) is 17.4 Å². The van der Waals surface area contributed by atoms with E-state index in [0.29, 0.717) is 30.1 Å². The maximum Gasteiger partial charge on any atom is 0.305 e. The molecule has 3 rings (SSSR count). The average Bonchev–Trinajstić information content (AvgIpc) is 3.78. The number of sulfonamides is 1. The molecule has 6 atom stereocenters. The highest BCUT2D eigenvalue weighted by atomic mass is 32.2. The number of aliphatic carboxylic acids is 1. The number of amides is 8. The zero-order valence-corrected chi connectivity index (χ0v) is 40.4. The van der Waals surface area contributed by atoms with Crippen LogP contribution in [0.15, 0.2) is 59.5 Å². The Morgan fingerprint density at radius 2 is 1.44 bits per heavy atom. The van der Waals surface area contributed by atoms with E-state index in [9.17, 15) is 56.7 Å². The van der Waals surface area contributed by atoms with Crippen LogP contribution in [0.5, 0.6) is 11.5 Å². The van der Waals surface area contributed by atoms with Gasteiger partial charge in [-0.25, -0.2) is 13.1 Å². The van der Waals surface area contributed by atoms with Crippen molar-refractivity contribution in [1.29, 1.82) is 0 Å². The zero-order valence-electron chi connectivity index (χ0n) is 38.7. The molecule has 2 aromatic rings. The van der Waals surface area contributed by atoms with E-state index in [-0.39, 0.29) is 49.6 Å². The second-order valence-electron chi connectivity index (χ2n) is 16.6. The standard InChI is InChI=1S/C44H63N9O13S2/c1-26(2)23-33(43(62)52(4)35(19-22-67-5)44(63)53-21-10-13-34(53)39(46)58)51-40(59)27(3)48-41(60)32(25-38(56)57)50-42(61)31(24-36(45)54)49-37(55)14-9-20-47-68(64,65)30-17-15-29(16-18-30)66-28-11-7-6-8-12-28/h6-8,11-12,15-18,26-27,31-35,47H,9-10,13-14,19-25H2,1-5H3,(H2,45,54)(H2,46,58)(H,48,60)(H,49,55)(H,50,61)(H,51,59)(H,56,57)/t27-,31-,32-,33-,34-,35-/m0/s1. The van der Waals surface area contributed by atoms with Gasteiger partial charge in [0.1, 0.15) is 47.8 Å². The van der Waals surface area contributed by atoms with Gasteiger partial charge < -0.3 is 52.4 Å². The van der Waals surface area contributed by atoms with Gasteiger partial charge in [0.2, 0.25) is 57.3 Å². The number of nitrogens with one attached hydrogen (secondary N) is 5. The highest BCUT2D eigenvalue weighted by Crippen LogP contribution is 2.24. The van der Waals surface area contributed by atoms with Gasteiger partial charge in [0.15, 0.2) is 0 Å². The Morgan fingerprint density at radius 3 is 2.03 bits per heavy atom. The quantitative estimate of drug-likeness (QED) is 0.0519. The second-order valence-corrected chi connectivity index (χ2v) is 19.3. The number of carbonyl (C=O) groups is 9. The molecule has 2 aromatic carbocycles. The number of primary amides is 2. The van der Waals surface area contributed by atoms with Crippen LogP contribution < -0.4 is 42.2 Å². The Kier molecular flexibility index (Phi) is 22.2. The van der Waals surface area contributed by atoms with Crippen molar-refractivity contribution in [2.45, 2.75) is 113 Å². The summed E-state index contributed by atoms with van der Waals surface area (Å²) in [5.74, 6) is -6.95. The maximum absolute atomic E-state index is 14.0. The summed E-state index contributed by atoms with van der Waals surface area (Å²) < 4.78 is 33.8. The monoisotopic (exact) mass is 989 g/mol. The van der Waals surface area contributed by atoms with E-state index in [2.05, 4.69) is 26.0 Å². The number of nitrogens with zero attached hydrogens (tertiary/aromatic N) is 2. The summed E-state index contributed by atoms with van der Waals surface area (Å²) in [4.78, 5) is 119. The summed E-state index contributed by atoms with van der Waals surface area (Å²) in [5, 5.41) is 19.0. The predicted molar refractivity (Wildman–Crippen MR) is 250 cm³/mol. The second kappa shape index (κ2) is 26.9. The van der Waals surface area contributed by atoms with Gasteiger partial charge in [-0.1, -0.05) is 32.0 Å². The van der Waals surface area contributed by atoms with Crippen molar-refractivity contribution in [2.75, 3.05) is 32.1 Å². The zero-order chi connectivity index (χ0) is 50.7. The molecule has 68 heavy (non-hydrogen) atoms. The van der Waals surface area contributed by atoms with Gasteiger partial charge in [-0.05, 0) is 93.4 Å². The normalized spacial score (nSPS) is 15.7.